The number of hydrogen-bond acceptors (Lipinski definition) is 4. The number of aromatic carboxylic acids is 1. The van der Waals surface area contributed by atoms with Crippen molar-refractivity contribution in [2.75, 3.05) is 6.54 Å². The number of hydrogen-bond donors (Lipinski definition) is 1. The molecule has 1 unspecified atom stereocenters. The van der Waals surface area contributed by atoms with Crippen molar-refractivity contribution < 1.29 is 19.4 Å². The minimum atomic E-state index is -1.37. The van der Waals surface area contributed by atoms with Gasteiger partial charge in [-0.2, -0.15) is 0 Å². The van der Waals surface area contributed by atoms with Crippen molar-refractivity contribution in [3.63, 3.8) is 0 Å². The Hall–Kier alpha value is -4.65. The van der Waals surface area contributed by atoms with Crippen LogP contribution in [0.1, 0.15) is 63.3 Å². The third-order valence-corrected chi connectivity index (χ3v) is 7.18. The maximum Gasteiger partial charge on any atom is 0.341 e. The zero-order valence-electron chi connectivity index (χ0n) is 21.9. The summed E-state index contributed by atoms with van der Waals surface area (Å²) in [4.78, 5) is 41.3. The van der Waals surface area contributed by atoms with E-state index in [4.69, 9.17) is 4.74 Å². The van der Waals surface area contributed by atoms with Crippen LogP contribution in [0.3, 0.4) is 0 Å². The highest BCUT2D eigenvalue weighted by Crippen LogP contribution is 2.40. The zero-order chi connectivity index (χ0) is 27.5. The highest BCUT2D eigenvalue weighted by Gasteiger charge is 2.41. The van der Waals surface area contributed by atoms with Crippen LogP contribution in [0, 0.1) is 0 Å². The van der Waals surface area contributed by atoms with Gasteiger partial charge in [-0.05, 0) is 30.5 Å². The lowest BCUT2D eigenvalue weighted by Gasteiger charge is -2.42. The van der Waals surface area contributed by atoms with E-state index in [9.17, 15) is 19.5 Å². The van der Waals surface area contributed by atoms with Crippen molar-refractivity contribution in [1.29, 1.82) is 0 Å². The Kier molecular flexibility index (Phi) is 7.32. The van der Waals surface area contributed by atoms with Crippen LogP contribution in [-0.4, -0.2) is 39.0 Å². The first-order valence-corrected chi connectivity index (χ1v) is 13.0. The summed E-state index contributed by atoms with van der Waals surface area (Å²) in [6, 6.07) is 28.5. The maximum absolute atomic E-state index is 13.9. The summed E-state index contributed by atoms with van der Waals surface area (Å²) in [5.74, 6) is -2.20. The Bertz CT molecular complexity index is 1490. The van der Waals surface area contributed by atoms with E-state index in [1.807, 2.05) is 105 Å². The molecule has 7 nitrogen and oxygen atoms in total. The molecule has 0 saturated heterocycles. The zero-order valence-corrected chi connectivity index (χ0v) is 21.9. The molecule has 1 aliphatic heterocycles. The van der Waals surface area contributed by atoms with Gasteiger partial charge in [-0.15, -0.1) is 0 Å². The van der Waals surface area contributed by atoms with Gasteiger partial charge < -0.3 is 19.3 Å². The summed E-state index contributed by atoms with van der Waals surface area (Å²) in [5, 5.41) is 9.98. The SMILES string of the molecule is CC(C)N1CC(C(c2ccccc2)c2ccccc2)n2cc(C(=O)O)c(=O)c(OCc3ccccc3)c2C1=O. The van der Waals surface area contributed by atoms with E-state index in [2.05, 4.69) is 0 Å². The van der Waals surface area contributed by atoms with E-state index in [1.54, 1.807) is 9.47 Å². The predicted octanol–water partition coefficient (Wildman–Crippen LogP) is 5.36. The van der Waals surface area contributed by atoms with Crippen molar-refractivity contribution in [3.8, 4) is 5.75 Å². The minimum Gasteiger partial charge on any atom is -0.483 e. The molecule has 1 N–H and O–H groups in total. The summed E-state index contributed by atoms with van der Waals surface area (Å²) in [6.45, 7) is 4.21. The van der Waals surface area contributed by atoms with Gasteiger partial charge in [0.25, 0.3) is 5.91 Å². The quantitative estimate of drug-likeness (QED) is 0.336. The van der Waals surface area contributed by atoms with E-state index >= 15 is 0 Å². The second kappa shape index (κ2) is 11.0. The third kappa shape index (κ3) is 5.08. The Morgan fingerprint density at radius 3 is 1.95 bits per heavy atom. The van der Waals surface area contributed by atoms with Crippen LogP contribution in [-0.2, 0) is 6.61 Å². The number of fused-ring (bicyclic) bond motifs is 1. The predicted molar refractivity (Wildman–Crippen MR) is 148 cm³/mol. The fourth-order valence-electron chi connectivity index (χ4n) is 5.27. The first kappa shape index (κ1) is 26.0. The van der Waals surface area contributed by atoms with Gasteiger partial charge in [0.15, 0.2) is 11.4 Å². The highest BCUT2D eigenvalue weighted by molar-refractivity contribution is 5.98. The molecule has 0 saturated carbocycles. The standard InChI is InChI=1S/C32H30N2O5/c1-21(2)33-19-26(27(23-14-8-4-9-15-23)24-16-10-5-11-17-24)34-18-25(32(37)38)29(35)30(28(34)31(33)36)39-20-22-12-6-3-7-13-22/h3-18,21,26-27H,19-20H2,1-2H3,(H,37,38). The van der Waals surface area contributed by atoms with Gasteiger partial charge in [-0.3, -0.25) is 9.59 Å². The van der Waals surface area contributed by atoms with Crippen LogP contribution >= 0.6 is 0 Å². The molecule has 7 heteroatoms. The summed E-state index contributed by atoms with van der Waals surface area (Å²) in [5.41, 5.74) is 1.65. The molecule has 2 heterocycles. The van der Waals surface area contributed by atoms with E-state index in [0.29, 0.717) is 6.54 Å². The van der Waals surface area contributed by atoms with Gasteiger partial charge in [-0.1, -0.05) is 91.0 Å². The number of carboxylic acids is 1. The van der Waals surface area contributed by atoms with Crippen LogP contribution in [0.2, 0.25) is 0 Å². The number of ether oxygens (including phenoxy) is 1. The topological polar surface area (TPSA) is 88.8 Å². The van der Waals surface area contributed by atoms with E-state index in [0.717, 1.165) is 16.7 Å². The van der Waals surface area contributed by atoms with Crippen LogP contribution in [0.5, 0.6) is 5.75 Å². The van der Waals surface area contributed by atoms with E-state index in [1.165, 1.54) is 6.20 Å². The normalized spacial score (nSPS) is 14.9. The first-order chi connectivity index (χ1) is 18.9. The second-order valence-corrected chi connectivity index (χ2v) is 9.95. The summed E-state index contributed by atoms with van der Waals surface area (Å²) >= 11 is 0. The molecule has 39 heavy (non-hydrogen) atoms. The lowest BCUT2D eigenvalue weighted by Crippen LogP contribution is -2.49. The van der Waals surface area contributed by atoms with Gasteiger partial charge in [0.05, 0.1) is 6.04 Å². The smallest absolute Gasteiger partial charge is 0.341 e. The molecular formula is C32H30N2O5. The Labute approximate surface area is 226 Å². The van der Waals surface area contributed by atoms with Crippen LogP contribution in [0.25, 0.3) is 0 Å². The van der Waals surface area contributed by atoms with E-state index in [-0.39, 0.29) is 35.9 Å². The molecule has 0 radical (unpaired) electrons. The van der Waals surface area contributed by atoms with Crippen molar-refractivity contribution in [2.24, 2.45) is 0 Å². The summed E-state index contributed by atoms with van der Waals surface area (Å²) in [6.07, 6.45) is 1.31. The highest BCUT2D eigenvalue weighted by atomic mass is 16.5. The lowest BCUT2D eigenvalue weighted by atomic mass is 9.83. The molecule has 1 aliphatic rings. The molecule has 0 fully saturated rings. The molecule has 0 aliphatic carbocycles. The van der Waals surface area contributed by atoms with Crippen LogP contribution < -0.4 is 10.2 Å². The summed E-state index contributed by atoms with van der Waals surface area (Å²) < 4.78 is 7.67. The number of pyridine rings is 1. The van der Waals surface area contributed by atoms with Crippen molar-refractivity contribution in [1.82, 2.24) is 9.47 Å². The maximum atomic E-state index is 13.9. The molecule has 1 amide bonds. The Balaban J connectivity index is 1.75. The average molecular weight is 523 g/mol. The number of nitrogens with zero attached hydrogens (tertiary/aromatic N) is 2. The third-order valence-electron chi connectivity index (χ3n) is 7.18. The number of amides is 1. The van der Waals surface area contributed by atoms with Gasteiger partial charge in [0.2, 0.25) is 5.43 Å². The molecule has 0 spiro atoms. The number of rotatable bonds is 8. The molecular weight excluding hydrogens is 492 g/mol. The van der Waals surface area contributed by atoms with Gasteiger partial charge in [-0.25, -0.2) is 4.79 Å². The minimum absolute atomic E-state index is 0.0204. The molecule has 4 aromatic rings. The first-order valence-electron chi connectivity index (χ1n) is 13.0. The molecule has 198 valence electrons. The fourth-order valence-corrected chi connectivity index (χ4v) is 5.27. The molecule has 5 rings (SSSR count). The molecule has 1 atom stereocenters. The number of aromatic nitrogens is 1. The fraction of sp³-hybridized carbons (Fsp3) is 0.219. The summed E-state index contributed by atoms with van der Waals surface area (Å²) in [7, 11) is 0. The molecule has 1 aromatic heterocycles. The van der Waals surface area contributed by atoms with Gasteiger partial charge >= 0.3 is 5.97 Å². The number of carboxylic acid groups (broad SMARTS) is 1. The number of carbonyl (C=O) groups is 2. The van der Waals surface area contributed by atoms with E-state index < -0.39 is 23.0 Å². The average Bonchev–Trinajstić information content (AvgIpc) is 2.95. The van der Waals surface area contributed by atoms with Crippen LogP contribution in [0.4, 0.5) is 0 Å². The van der Waals surface area contributed by atoms with Gasteiger partial charge in [0.1, 0.15) is 12.2 Å². The van der Waals surface area contributed by atoms with Gasteiger partial charge in [0, 0.05) is 24.7 Å². The Morgan fingerprint density at radius 2 is 1.44 bits per heavy atom. The Morgan fingerprint density at radius 1 is 0.897 bits per heavy atom. The lowest BCUT2D eigenvalue weighted by molar-refractivity contribution is 0.0577. The van der Waals surface area contributed by atoms with Crippen molar-refractivity contribution in [2.45, 2.75) is 38.5 Å². The van der Waals surface area contributed by atoms with Crippen LogP contribution in [0.15, 0.2) is 102 Å². The monoisotopic (exact) mass is 522 g/mol. The van der Waals surface area contributed by atoms with Crippen molar-refractivity contribution in [3.05, 3.63) is 135 Å². The number of benzene rings is 3. The second-order valence-electron chi connectivity index (χ2n) is 9.95. The number of carbonyl (C=O) groups excluding carboxylic acids is 1. The molecule has 0 bridgehead atoms. The largest absolute Gasteiger partial charge is 0.483 e. The molecule has 3 aromatic carbocycles. The van der Waals surface area contributed by atoms with Crippen molar-refractivity contribution >= 4 is 11.9 Å².